The maximum Gasteiger partial charge on any atom is 0.328 e. The average Bonchev–Trinajstić information content (AvgIpc) is 2.42. The Kier molecular flexibility index (Phi) is 4.17. The fourth-order valence-electron chi connectivity index (χ4n) is 1.94. The number of aromatic amines is 1. The van der Waals surface area contributed by atoms with E-state index in [1.54, 1.807) is 12.1 Å². The summed E-state index contributed by atoms with van der Waals surface area (Å²) < 4.78 is 1.32. The second-order valence-corrected chi connectivity index (χ2v) is 4.38. The quantitative estimate of drug-likeness (QED) is 0.628. The van der Waals surface area contributed by atoms with Gasteiger partial charge in [-0.2, -0.15) is 0 Å². The summed E-state index contributed by atoms with van der Waals surface area (Å²) in [6.45, 7) is 2.59. The van der Waals surface area contributed by atoms with Crippen LogP contribution in [0.3, 0.4) is 0 Å². The fraction of sp³-hybridized carbons (Fsp3) is 0.231. The van der Waals surface area contributed by atoms with Gasteiger partial charge in [0.1, 0.15) is 5.69 Å². The number of anilines is 1. The number of benzene rings is 1. The third kappa shape index (κ3) is 3.35. The Balaban J connectivity index is 2.36. The van der Waals surface area contributed by atoms with Crippen LogP contribution >= 0.6 is 0 Å². The summed E-state index contributed by atoms with van der Waals surface area (Å²) in [5.74, 6) is 0. The number of nitro groups is 1. The molecule has 0 fully saturated rings. The molecule has 8 heteroatoms. The van der Waals surface area contributed by atoms with Crippen LogP contribution in [0.1, 0.15) is 12.5 Å². The second-order valence-electron chi connectivity index (χ2n) is 4.38. The monoisotopic (exact) mass is 290 g/mol. The molecule has 8 nitrogen and oxygen atoms in total. The first-order chi connectivity index (χ1) is 10.0. The normalized spacial score (nSPS) is 10.3. The van der Waals surface area contributed by atoms with E-state index >= 15 is 0 Å². The van der Waals surface area contributed by atoms with Gasteiger partial charge in [-0.15, -0.1) is 0 Å². The van der Waals surface area contributed by atoms with Crippen LogP contribution in [0.15, 0.2) is 40.1 Å². The molecule has 1 aromatic heterocycles. The molecule has 0 atom stereocenters. The second kappa shape index (κ2) is 6.04. The average molecular weight is 290 g/mol. The van der Waals surface area contributed by atoms with E-state index in [9.17, 15) is 19.7 Å². The number of nitrogens with zero attached hydrogens (tertiary/aromatic N) is 2. The third-order valence-corrected chi connectivity index (χ3v) is 2.87. The number of hydrogen-bond acceptors (Lipinski definition) is 5. The molecule has 0 saturated heterocycles. The van der Waals surface area contributed by atoms with Crippen LogP contribution in [0.5, 0.6) is 0 Å². The van der Waals surface area contributed by atoms with Crippen molar-refractivity contribution in [1.29, 1.82) is 0 Å². The van der Waals surface area contributed by atoms with Gasteiger partial charge >= 0.3 is 5.69 Å². The van der Waals surface area contributed by atoms with E-state index < -0.39 is 16.2 Å². The molecule has 0 unspecified atom stereocenters. The highest BCUT2D eigenvalue weighted by Gasteiger charge is 2.13. The van der Waals surface area contributed by atoms with E-state index in [-0.39, 0.29) is 12.2 Å². The van der Waals surface area contributed by atoms with Gasteiger partial charge in [0.2, 0.25) is 0 Å². The lowest BCUT2D eigenvalue weighted by Crippen LogP contribution is -2.28. The summed E-state index contributed by atoms with van der Waals surface area (Å²) >= 11 is 0. The predicted molar refractivity (Wildman–Crippen MR) is 77.7 cm³/mol. The van der Waals surface area contributed by atoms with Crippen LogP contribution in [0.4, 0.5) is 11.4 Å². The molecule has 2 N–H and O–H groups in total. The molecular formula is C13H14N4O4. The molecular weight excluding hydrogens is 276 g/mol. The SMILES string of the molecule is CCNc1cc(Cn2ccc(=O)[nH]c2=O)ccc1[N+](=O)[O-]. The van der Waals surface area contributed by atoms with Gasteiger partial charge in [-0.05, 0) is 18.6 Å². The number of rotatable bonds is 5. The highest BCUT2D eigenvalue weighted by atomic mass is 16.6. The zero-order chi connectivity index (χ0) is 15.4. The van der Waals surface area contributed by atoms with Gasteiger partial charge in [-0.25, -0.2) is 4.79 Å². The van der Waals surface area contributed by atoms with Crippen molar-refractivity contribution >= 4 is 11.4 Å². The minimum atomic E-state index is -0.522. The maximum absolute atomic E-state index is 11.6. The summed E-state index contributed by atoms with van der Waals surface area (Å²) in [6, 6.07) is 5.84. The van der Waals surface area contributed by atoms with Gasteiger partial charge in [-0.3, -0.25) is 24.5 Å². The van der Waals surface area contributed by atoms with Crippen LogP contribution < -0.4 is 16.6 Å². The summed E-state index contributed by atoms with van der Waals surface area (Å²) in [6.07, 6.45) is 1.38. The maximum atomic E-state index is 11.6. The van der Waals surface area contributed by atoms with E-state index in [0.29, 0.717) is 17.8 Å². The number of hydrogen-bond donors (Lipinski definition) is 2. The van der Waals surface area contributed by atoms with E-state index in [4.69, 9.17) is 0 Å². The van der Waals surface area contributed by atoms with Gasteiger partial charge in [0, 0.05) is 24.9 Å². The van der Waals surface area contributed by atoms with E-state index in [1.807, 2.05) is 6.92 Å². The highest BCUT2D eigenvalue weighted by Crippen LogP contribution is 2.25. The first-order valence-electron chi connectivity index (χ1n) is 6.32. The zero-order valence-electron chi connectivity index (χ0n) is 11.3. The third-order valence-electron chi connectivity index (χ3n) is 2.87. The van der Waals surface area contributed by atoms with Gasteiger partial charge in [-0.1, -0.05) is 6.07 Å². The lowest BCUT2D eigenvalue weighted by molar-refractivity contribution is -0.384. The lowest BCUT2D eigenvalue weighted by Gasteiger charge is -2.09. The van der Waals surface area contributed by atoms with Crippen molar-refractivity contribution in [3.8, 4) is 0 Å². The first kappa shape index (κ1) is 14.5. The van der Waals surface area contributed by atoms with Crippen LogP contribution in [0, 0.1) is 10.1 Å². The largest absolute Gasteiger partial charge is 0.380 e. The molecule has 0 bridgehead atoms. The van der Waals surface area contributed by atoms with Crippen LogP contribution in [-0.2, 0) is 6.54 Å². The van der Waals surface area contributed by atoms with Crippen LogP contribution in [0.2, 0.25) is 0 Å². The van der Waals surface area contributed by atoms with Crippen molar-refractivity contribution in [2.45, 2.75) is 13.5 Å². The summed E-state index contributed by atoms with van der Waals surface area (Å²) in [5, 5.41) is 13.8. The minimum absolute atomic E-state index is 0.0191. The first-order valence-corrected chi connectivity index (χ1v) is 6.32. The zero-order valence-corrected chi connectivity index (χ0v) is 11.3. The minimum Gasteiger partial charge on any atom is -0.380 e. The Hall–Kier alpha value is -2.90. The molecule has 110 valence electrons. The molecule has 0 saturated carbocycles. The Morgan fingerprint density at radius 1 is 1.33 bits per heavy atom. The molecule has 21 heavy (non-hydrogen) atoms. The molecule has 0 spiro atoms. The molecule has 0 aliphatic rings. The molecule has 0 aliphatic heterocycles. The van der Waals surface area contributed by atoms with Crippen molar-refractivity contribution in [3.05, 3.63) is 67.0 Å². The van der Waals surface area contributed by atoms with Gasteiger partial charge < -0.3 is 5.32 Å². The topological polar surface area (TPSA) is 110 Å². The van der Waals surface area contributed by atoms with E-state index in [2.05, 4.69) is 10.3 Å². The molecule has 1 heterocycles. The standard InChI is InChI=1S/C13H14N4O4/c1-2-14-10-7-9(3-4-11(10)17(20)21)8-16-6-5-12(18)15-13(16)19/h3-7,14H,2,8H2,1H3,(H,15,18,19). The Morgan fingerprint density at radius 3 is 2.71 bits per heavy atom. The Bertz CT molecular complexity index is 778. The van der Waals surface area contributed by atoms with Gasteiger partial charge in [0.25, 0.3) is 11.2 Å². The highest BCUT2D eigenvalue weighted by molar-refractivity contribution is 5.62. The van der Waals surface area contributed by atoms with E-state index in [1.165, 1.54) is 22.9 Å². The molecule has 2 rings (SSSR count). The summed E-state index contributed by atoms with van der Waals surface area (Å²) in [7, 11) is 0. The Morgan fingerprint density at radius 2 is 2.10 bits per heavy atom. The van der Waals surface area contributed by atoms with Crippen molar-refractivity contribution in [2.24, 2.45) is 0 Å². The van der Waals surface area contributed by atoms with E-state index in [0.717, 1.165) is 0 Å². The fourth-order valence-corrected chi connectivity index (χ4v) is 1.94. The molecule has 2 aromatic rings. The summed E-state index contributed by atoms with van der Waals surface area (Å²) in [4.78, 5) is 35.2. The van der Waals surface area contributed by atoms with Crippen LogP contribution in [0.25, 0.3) is 0 Å². The smallest absolute Gasteiger partial charge is 0.328 e. The van der Waals surface area contributed by atoms with Crippen molar-refractivity contribution in [1.82, 2.24) is 9.55 Å². The van der Waals surface area contributed by atoms with Crippen molar-refractivity contribution < 1.29 is 4.92 Å². The number of nitrogens with one attached hydrogen (secondary N) is 2. The molecule has 0 amide bonds. The lowest BCUT2D eigenvalue weighted by atomic mass is 10.1. The van der Waals surface area contributed by atoms with Crippen LogP contribution in [-0.4, -0.2) is 21.0 Å². The van der Waals surface area contributed by atoms with Crippen molar-refractivity contribution in [3.63, 3.8) is 0 Å². The van der Waals surface area contributed by atoms with Gasteiger partial charge in [0.05, 0.1) is 11.5 Å². The predicted octanol–water partition coefficient (Wildman–Crippen LogP) is 0.925. The van der Waals surface area contributed by atoms with Gasteiger partial charge in [0.15, 0.2) is 0 Å². The van der Waals surface area contributed by atoms with Crippen molar-refractivity contribution in [2.75, 3.05) is 11.9 Å². The molecule has 0 aliphatic carbocycles. The summed E-state index contributed by atoms with van der Waals surface area (Å²) in [5.41, 5.74) is 0.108. The number of H-pyrrole nitrogens is 1. The number of aromatic nitrogens is 2. The molecule has 0 radical (unpaired) electrons. The Labute approximate surface area is 119 Å². The number of nitro benzene ring substituents is 1. The molecule has 1 aromatic carbocycles.